The molecule has 0 aliphatic rings. The van der Waals surface area contributed by atoms with E-state index >= 15 is 0 Å². The Balaban J connectivity index is 2.18. The van der Waals surface area contributed by atoms with Crippen LogP contribution in [0.15, 0.2) is 30.6 Å². The molecular formula is C10H12N4S. The summed E-state index contributed by atoms with van der Waals surface area (Å²) in [6.45, 7) is 0.671. The van der Waals surface area contributed by atoms with Gasteiger partial charge in [0, 0.05) is 13.2 Å². The Kier molecular flexibility index (Phi) is 2.82. The quantitative estimate of drug-likeness (QED) is 0.739. The molecule has 5 heteroatoms. The second kappa shape index (κ2) is 4.27. The van der Waals surface area contributed by atoms with E-state index in [1.807, 2.05) is 35.0 Å². The molecule has 2 aromatic rings. The van der Waals surface area contributed by atoms with E-state index in [0.717, 1.165) is 11.3 Å². The van der Waals surface area contributed by atoms with E-state index < -0.39 is 0 Å². The number of nitrogens with zero attached hydrogens (tertiary/aromatic N) is 2. The lowest BCUT2D eigenvalue weighted by Gasteiger charge is -2.06. The molecule has 0 unspecified atom stereocenters. The fourth-order valence-electron chi connectivity index (χ4n) is 1.38. The van der Waals surface area contributed by atoms with Gasteiger partial charge in [0.25, 0.3) is 0 Å². The summed E-state index contributed by atoms with van der Waals surface area (Å²) in [5, 5.41) is 6.59. The van der Waals surface area contributed by atoms with Crippen LogP contribution in [0.3, 0.4) is 0 Å². The Labute approximate surface area is 93.3 Å². The van der Waals surface area contributed by atoms with Crippen LogP contribution < -0.4 is 10.6 Å². The van der Waals surface area contributed by atoms with Crippen LogP contribution in [-0.2, 0) is 6.54 Å². The molecule has 0 bridgehead atoms. The van der Waals surface area contributed by atoms with Crippen LogP contribution in [0.1, 0.15) is 5.69 Å². The molecule has 0 aliphatic carbocycles. The highest BCUT2D eigenvalue weighted by Crippen LogP contribution is 2.05. The number of nitrogens with one attached hydrogen (secondary N) is 2. The lowest BCUT2D eigenvalue weighted by atomic mass is 10.4. The Morgan fingerprint density at radius 2 is 2.40 bits per heavy atom. The van der Waals surface area contributed by atoms with Crippen molar-refractivity contribution in [3.8, 4) is 0 Å². The Morgan fingerprint density at radius 3 is 3.20 bits per heavy atom. The normalized spacial score (nSPS) is 10.2. The van der Waals surface area contributed by atoms with Crippen molar-refractivity contribution in [1.29, 1.82) is 0 Å². The first kappa shape index (κ1) is 9.92. The average Bonchev–Trinajstić information content (AvgIpc) is 2.69. The zero-order valence-electron chi connectivity index (χ0n) is 8.40. The molecule has 0 spiro atoms. The fraction of sp³-hybridized carbons (Fsp3) is 0.200. The van der Waals surface area contributed by atoms with Crippen molar-refractivity contribution in [3.63, 3.8) is 0 Å². The van der Waals surface area contributed by atoms with Crippen molar-refractivity contribution >= 4 is 23.0 Å². The molecule has 2 N–H and O–H groups in total. The molecular weight excluding hydrogens is 208 g/mol. The van der Waals surface area contributed by atoms with Gasteiger partial charge in [0.1, 0.15) is 5.65 Å². The van der Waals surface area contributed by atoms with Crippen LogP contribution in [0, 0.1) is 0 Å². The highest BCUT2D eigenvalue weighted by Gasteiger charge is 2.01. The second-order valence-electron chi connectivity index (χ2n) is 3.11. The molecule has 0 aromatic carbocycles. The standard InChI is InChI=1S/C10H12N4S/c1-11-10(15)13-7-8-6-12-9-4-2-3-5-14(8)9/h2-6H,7H2,1H3,(H2,11,13,15). The summed E-state index contributed by atoms with van der Waals surface area (Å²) in [6.07, 6.45) is 3.84. The first-order chi connectivity index (χ1) is 7.31. The van der Waals surface area contributed by atoms with E-state index in [2.05, 4.69) is 15.6 Å². The van der Waals surface area contributed by atoms with Gasteiger partial charge in [-0.2, -0.15) is 0 Å². The van der Waals surface area contributed by atoms with E-state index in [0.29, 0.717) is 11.7 Å². The van der Waals surface area contributed by atoms with Gasteiger partial charge in [-0.1, -0.05) is 6.07 Å². The summed E-state index contributed by atoms with van der Waals surface area (Å²) in [5.74, 6) is 0. The zero-order valence-corrected chi connectivity index (χ0v) is 9.21. The third-order valence-electron chi connectivity index (χ3n) is 2.15. The second-order valence-corrected chi connectivity index (χ2v) is 3.52. The Morgan fingerprint density at radius 1 is 1.53 bits per heavy atom. The maximum absolute atomic E-state index is 5.00. The summed E-state index contributed by atoms with van der Waals surface area (Å²) in [7, 11) is 1.80. The maximum atomic E-state index is 5.00. The smallest absolute Gasteiger partial charge is 0.166 e. The molecule has 0 aliphatic heterocycles. The minimum Gasteiger partial charge on any atom is -0.366 e. The number of fused-ring (bicyclic) bond motifs is 1. The SMILES string of the molecule is CNC(=S)NCc1cnc2ccccn12. The molecule has 2 heterocycles. The molecule has 0 fully saturated rings. The van der Waals surface area contributed by atoms with Gasteiger partial charge >= 0.3 is 0 Å². The van der Waals surface area contributed by atoms with Gasteiger partial charge in [0.15, 0.2) is 5.11 Å². The summed E-state index contributed by atoms with van der Waals surface area (Å²) < 4.78 is 2.03. The molecule has 2 aromatic heterocycles. The van der Waals surface area contributed by atoms with Crippen LogP contribution in [0.25, 0.3) is 5.65 Å². The van der Waals surface area contributed by atoms with E-state index in [9.17, 15) is 0 Å². The van der Waals surface area contributed by atoms with E-state index in [-0.39, 0.29) is 0 Å². The predicted molar refractivity (Wildman–Crippen MR) is 63.7 cm³/mol. The monoisotopic (exact) mass is 220 g/mol. The minimum absolute atomic E-state index is 0.640. The first-order valence-corrected chi connectivity index (χ1v) is 5.08. The molecule has 0 saturated carbocycles. The predicted octanol–water partition coefficient (Wildman–Crippen LogP) is 0.928. The van der Waals surface area contributed by atoms with Crippen LogP contribution in [0.2, 0.25) is 0 Å². The van der Waals surface area contributed by atoms with E-state index in [4.69, 9.17) is 12.2 Å². The first-order valence-electron chi connectivity index (χ1n) is 4.68. The molecule has 4 nitrogen and oxygen atoms in total. The van der Waals surface area contributed by atoms with Gasteiger partial charge in [-0.3, -0.25) is 0 Å². The fourth-order valence-corrected chi connectivity index (χ4v) is 1.45. The zero-order chi connectivity index (χ0) is 10.7. The molecule has 15 heavy (non-hydrogen) atoms. The molecule has 2 rings (SSSR count). The Bertz CT molecular complexity index is 477. The van der Waals surface area contributed by atoms with Gasteiger partial charge < -0.3 is 15.0 Å². The largest absolute Gasteiger partial charge is 0.366 e. The van der Waals surface area contributed by atoms with Crippen LogP contribution in [-0.4, -0.2) is 21.5 Å². The maximum Gasteiger partial charge on any atom is 0.166 e. The summed E-state index contributed by atoms with van der Waals surface area (Å²) in [4.78, 5) is 4.28. The highest BCUT2D eigenvalue weighted by molar-refractivity contribution is 7.80. The summed E-state index contributed by atoms with van der Waals surface area (Å²) in [6, 6.07) is 5.92. The molecule has 78 valence electrons. The van der Waals surface area contributed by atoms with Crippen molar-refractivity contribution in [2.75, 3.05) is 7.05 Å². The minimum atomic E-state index is 0.640. The average molecular weight is 220 g/mol. The molecule has 0 amide bonds. The topological polar surface area (TPSA) is 41.4 Å². The molecule has 0 atom stereocenters. The van der Waals surface area contributed by atoms with Crippen molar-refractivity contribution in [1.82, 2.24) is 20.0 Å². The third kappa shape index (κ3) is 2.07. The summed E-state index contributed by atoms with van der Waals surface area (Å²) >= 11 is 5.00. The lowest BCUT2D eigenvalue weighted by molar-refractivity contribution is 0.844. The number of hydrogen-bond acceptors (Lipinski definition) is 2. The highest BCUT2D eigenvalue weighted by atomic mass is 32.1. The van der Waals surface area contributed by atoms with Crippen molar-refractivity contribution in [2.45, 2.75) is 6.54 Å². The number of thiocarbonyl (C=S) groups is 1. The molecule has 0 saturated heterocycles. The number of aromatic nitrogens is 2. The number of imidazole rings is 1. The van der Waals surface area contributed by atoms with Crippen molar-refractivity contribution in [3.05, 3.63) is 36.3 Å². The molecule has 0 radical (unpaired) electrons. The number of pyridine rings is 1. The van der Waals surface area contributed by atoms with Gasteiger partial charge in [-0.05, 0) is 24.4 Å². The van der Waals surface area contributed by atoms with Crippen LogP contribution >= 0.6 is 12.2 Å². The number of rotatable bonds is 2. The van der Waals surface area contributed by atoms with Crippen molar-refractivity contribution < 1.29 is 0 Å². The van der Waals surface area contributed by atoms with Gasteiger partial charge in [-0.15, -0.1) is 0 Å². The van der Waals surface area contributed by atoms with E-state index in [1.54, 1.807) is 7.05 Å². The number of hydrogen-bond donors (Lipinski definition) is 2. The summed E-state index contributed by atoms with van der Waals surface area (Å²) in [5.41, 5.74) is 2.04. The van der Waals surface area contributed by atoms with Crippen LogP contribution in [0.4, 0.5) is 0 Å². The van der Waals surface area contributed by atoms with Gasteiger partial charge in [0.2, 0.25) is 0 Å². The van der Waals surface area contributed by atoms with Crippen molar-refractivity contribution in [2.24, 2.45) is 0 Å². The van der Waals surface area contributed by atoms with E-state index in [1.165, 1.54) is 0 Å². The third-order valence-corrected chi connectivity index (χ3v) is 2.50. The van der Waals surface area contributed by atoms with Crippen LogP contribution in [0.5, 0.6) is 0 Å². The van der Waals surface area contributed by atoms with Gasteiger partial charge in [-0.25, -0.2) is 4.98 Å². The Hall–Kier alpha value is -1.62. The lowest BCUT2D eigenvalue weighted by Crippen LogP contribution is -2.32. The van der Waals surface area contributed by atoms with Gasteiger partial charge in [0.05, 0.1) is 18.4 Å².